The highest BCUT2D eigenvalue weighted by molar-refractivity contribution is 6.07. The topological polar surface area (TPSA) is 48.5 Å². The monoisotopic (exact) mass is 392 g/mol. The number of pyridine rings is 1. The van der Waals surface area contributed by atoms with Gasteiger partial charge in [0, 0.05) is 49.0 Å². The first kappa shape index (κ1) is 19.3. The Bertz CT molecular complexity index is 1070. The van der Waals surface area contributed by atoms with Crippen molar-refractivity contribution < 1.29 is 9.18 Å². The van der Waals surface area contributed by atoms with Crippen LogP contribution in [0.25, 0.3) is 10.9 Å². The van der Waals surface area contributed by atoms with Gasteiger partial charge in [0.2, 0.25) is 0 Å². The third kappa shape index (κ3) is 4.07. The molecule has 0 radical (unpaired) electrons. The number of likely N-dealkylation sites (N-methyl/N-ethyl adjacent to an activating group) is 1. The molecule has 2 aromatic carbocycles. The van der Waals surface area contributed by atoms with E-state index in [-0.39, 0.29) is 11.7 Å². The number of carbonyl (C=O) groups excluding carboxylic acids is 1. The number of amides is 1. The third-order valence-electron chi connectivity index (χ3n) is 5.54. The van der Waals surface area contributed by atoms with E-state index in [4.69, 9.17) is 0 Å². The zero-order valence-electron chi connectivity index (χ0n) is 17.0. The number of halogens is 1. The lowest BCUT2D eigenvalue weighted by Crippen LogP contribution is -2.44. The molecule has 0 aliphatic carbocycles. The summed E-state index contributed by atoms with van der Waals surface area (Å²) in [5.74, 6) is -0.547. The van der Waals surface area contributed by atoms with Crippen LogP contribution in [0.2, 0.25) is 0 Å². The van der Waals surface area contributed by atoms with E-state index in [0.717, 1.165) is 42.8 Å². The molecule has 5 nitrogen and oxygen atoms in total. The number of aromatic nitrogens is 1. The van der Waals surface area contributed by atoms with E-state index in [0.29, 0.717) is 16.8 Å². The van der Waals surface area contributed by atoms with E-state index in [1.165, 1.54) is 17.8 Å². The van der Waals surface area contributed by atoms with Crippen LogP contribution >= 0.6 is 0 Å². The number of fused-ring (bicyclic) bond motifs is 1. The molecule has 2 heterocycles. The molecule has 0 spiro atoms. The standard InChI is InChI=1S/C23H25FN4O/c1-15-12-19(28-10-8-27(3)9-11-28)6-7-21(15)26-23(29)20-13-17-4-5-18(24)14-22(17)25-16(20)2/h4-7,12-14H,8-11H2,1-3H3,(H,26,29). The molecule has 1 amide bonds. The molecule has 0 atom stereocenters. The first-order valence-corrected chi connectivity index (χ1v) is 9.83. The number of carbonyl (C=O) groups is 1. The fourth-order valence-corrected chi connectivity index (χ4v) is 3.71. The largest absolute Gasteiger partial charge is 0.369 e. The second-order valence-electron chi connectivity index (χ2n) is 7.70. The van der Waals surface area contributed by atoms with E-state index in [1.54, 1.807) is 19.1 Å². The van der Waals surface area contributed by atoms with Crippen molar-refractivity contribution in [3.63, 3.8) is 0 Å². The number of hydrogen-bond acceptors (Lipinski definition) is 4. The van der Waals surface area contributed by atoms with Gasteiger partial charge in [0.05, 0.1) is 16.8 Å². The molecule has 3 aromatic rings. The number of anilines is 2. The molecule has 1 aliphatic rings. The summed E-state index contributed by atoms with van der Waals surface area (Å²) < 4.78 is 13.4. The highest BCUT2D eigenvalue weighted by Crippen LogP contribution is 2.25. The van der Waals surface area contributed by atoms with Gasteiger partial charge in [0.25, 0.3) is 5.91 Å². The Hall–Kier alpha value is -2.99. The summed E-state index contributed by atoms with van der Waals surface area (Å²) in [7, 11) is 2.14. The number of nitrogens with one attached hydrogen (secondary N) is 1. The Kier molecular flexibility index (Phi) is 5.20. The van der Waals surface area contributed by atoms with Crippen molar-refractivity contribution in [3.05, 3.63) is 65.1 Å². The van der Waals surface area contributed by atoms with Gasteiger partial charge in [-0.15, -0.1) is 0 Å². The average Bonchev–Trinajstić information content (AvgIpc) is 2.69. The minimum atomic E-state index is -0.335. The molecule has 6 heteroatoms. The van der Waals surface area contributed by atoms with Crippen LogP contribution in [0.5, 0.6) is 0 Å². The molecule has 29 heavy (non-hydrogen) atoms. The zero-order chi connectivity index (χ0) is 20.5. The second-order valence-corrected chi connectivity index (χ2v) is 7.70. The van der Waals surface area contributed by atoms with Crippen LogP contribution in [0.4, 0.5) is 15.8 Å². The van der Waals surface area contributed by atoms with Crippen LogP contribution < -0.4 is 10.2 Å². The van der Waals surface area contributed by atoms with Gasteiger partial charge >= 0.3 is 0 Å². The van der Waals surface area contributed by atoms with Gasteiger partial charge < -0.3 is 15.1 Å². The normalized spacial score (nSPS) is 15.0. The minimum absolute atomic E-state index is 0.211. The van der Waals surface area contributed by atoms with Gasteiger partial charge in [-0.3, -0.25) is 9.78 Å². The second kappa shape index (κ2) is 7.79. The van der Waals surface area contributed by atoms with E-state index >= 15 is 0 Å². The molecule has 1 N–H and O–H groups in total. The maximum absolute atomic E-state index is 13.4. The first-order chi connectivity index (χ1) is 13.9. The number of nitrogens with zero attached hydrogens (tertiary/aromatic N) is 3. The SMILES string of the molecule is Cc1cc(N2CCN(C)CC2)ccc1NC(=O)c1cc2ccc(F)cc2nc1C. The van der Waals surface area contributed by atoms with E-state index < -0.39 is 0 Å². The Morgan fingerprint density at radius 2 is 1.79 bits per heavy atom. The Morgan fingerprint density at radius 3 is 2.52 bits per heavy atom. The fourth-order valence-electron chi connectivity index (χ4n) is 3.71. The van der Waals surface area contributed by atoms with Crippen molar-refractivity contribution in [3.8, 4) is 0 Å². The number of hydrogen-bond donors (Lipinski definition) is 1. The molecule has 1 aromatic heterocycles. The first-order valence-electron chi connectivity index (χ1n) is 9.83. The van der Waals surface area contributed by atoms with Gasteiger partial charge in [-0.05, 0) is 62.9 Å². The Morgan fingerprint density at radius 1 is 1.03 bits per heavy atom. The van der Waals surface area contributed by atoms with Crippen LogP contribution in [0.3, 0.4) is 0 Å². The molecule has 1 aliphatic heterocycles. The van der Waals surface area contributed by atoms with Crippen molar-refractivity contribution >= 4 is 28.2 Å². The van der Waals surface area contributed by atoms with E-state index in [2.05, 4.69) is 39.3 Å². The number of benzene rings is 2. The lowest BCUT2D eigenvalue weighted by molar-refractivity contribution is 0.102. The number of aryl methyl sites for hydroxylation is 2. The summed E-state index contributed by atoms with van der Waals surface area (Å²) in [6, 6.07) is 12.3. The highest BCUT2D eigenvalue weighted by atomic mass is 19.1. The zero-order valence-corrected chi connectivity index (χ0v) is 17.0. The lowest BCUT2D eigenvalue weighted by Gasteiger charge is -2.34. The molecule has 0 saturated carbocycles. The van der Waals surface area contributed by atoms with Crippen molar-refractivity contribution in [1.82, 2.24) is 9.88 Å². The Labute approximate surface area is 170 Å². The van der Waals surface area contributed by atoms with Crippen LogP contribution in [-0.4, -0.2) is 49.0 Å². The minimum Gasteiger partial charge on any atom is -0.369 e. The van der Waals surface area contributed by atoms with Gasteiger partial charge in [-0.1, -0.05) is 0 Å². The molecule has 0 unspecified atom stereocenters. The summed E-state index contributed by atoms with van der Waals surface area (Å²) >= 11 is 0. The number of rotatable bonds is 3. The van der Waals surface area contributed by atoms with Crippen molar-refractivity contribution in [2.45, 2.75) is 13.8 Å². The van der Waals surface area contributed by atoms with Gasteiger partial charge in [-0.25, -0.2) is 4.39 Å². The van der Waals surface area contributed by atoms with Crippen molar-refractivity contribution in [1.29, 1.82) is 0 Å². The van der Waals surface area contributed by atoms with Gasteiger partial charge in [0.15, 0.2) is 0 Å². The quantitative estimate of drug-likeness (QED) is 0.732. The lowest BCUT2D eigenvalue weighted by atomic mass is 10.1. The van der Waals surface area contributed by atoms with Crippen LogP contribution in [-0.2, 0) is 0 Å². The molecule has 150 valence electrons. The molecule has 0 bridgehead atoms. The number of piperazine rings is 1. The van der Waals surface area contributed by atoms with Crippen LogP contribution in [0.1, 0.15) is 21.6 Å². The smallest absolute Gasteiger partial charge is 0.257 e. The van der Waals surface area contributed by atoms with Crippen LogP contribution in [0.15, 0.2) is 42.5 Å². The molecular weight excluding hydrogens is 367 g/mol. The summed E-state index contributed by atoms with van der Waals surface area (Å²) in [5, 5.41) is 3.74. The van der Waals surface area contributed by atoms with Gasteiger partial charge in [0.1, 0.15) is 5.82 Å². The van der Waals surface area contributed by atoms with E-state index in [1.807, 2.05) is 13.0 Å². The maximum Gasteiger partial charge on any atom is 0.257 e. The third-order valence-corrected chi connectivity index (χ3v) is 5.54. The Balaban J connectivity index is 1.54. The van der Waals surface area contributed by atoms with Crippen LogP contribution in [0, 0.1) is 19.7 Å². The molecular formula is C23H25FN4O. The summed E-state index contributed by atoms with van der Waals surface area (Å²) in [6.45, 7) is 7.88. The van der Waals surface area contributed by atoms with Gasteiger partial charge in [-0.2, -0.15) is 0 Å². The van der Waals surface area contributed by atoms with E-state index in [9.17, 15) is 9.18 Å². The predicted octanol–water partition coefficient (Wildman–Crippen LogP) is 3.99. The molecule has 1 saturated heterocycles. The summed E-state index contributed by atoms with van der Waals surface area (Å²) in [6.07, 6.45) is 0. The predicted molar refractivity (Wildman–Crippen MR) is 115 cm³/mol. The van der Waals surface area contributed by atoms with Crippen molar-refractivity contribution in [2.75, 3.05) is 43.4 Å². The summed E-state index contributed by atoms with van der Waals surface area (Å²) in [5.41, 5.74) is 4.60. The molecule has 4 rings (SSSR count). The molecule has 1 fully saturated rings. The fraction of sp³-hybridized carbons (Fsp3) is 0.304. The summed E-state index contributed by atoms with van der Waals surface area (Å²) in [4.78, 5) is 22.0. The van der Waals surface area contributed by atoms with Crippen molar-refractivity contribution in [2.24, 2.45) is 0 Å². The highest BCUT2D eigenvalue weighted by Gasteiger charge is 2.17. The average molecular weight is 392 g/mol. The maximum atomic E-state index is 13.4.